The molecule has 0 bridgehead atoms. The van der Waals surface area contributed by atoms with Gasteiger partial charge in [0.05, 0.1) is 11.8 Å². The van der Waals surface area contributed by atoms with E-state index in [1.807, 2.05) is 4.90 Å². The molecular weight excluding hydrogens is 270 g/mol. The number of nitrogens with zero attached hydrogens (tertiary/aromatic N) is 3. The van der Waals surface area contributed by atoms with Crippen molar-refractivity contribution in [2.75, 3.05) is 33.8 Å². The van der Waals surface area contributed by atoms with Gasteiger partial charge in [-0.05, 0) is 39.8 Å². The van der Waals surface area contributed by atoms with Gasteiger partial charge in [-0.3, -0.25) is 4.79 Å². The number of likely N-dealkylation sites (tertiary alicyclic amines) is 1. The summed E-state index contributed by atoms with van der Waals surface area (Å²) in [6.45, 7) is 2.26. The summed E-state index contributed by atoms with van der Waals surface area (Å²) in [6.07, 6.45) is 5.46. The molecule has 2 aliphatic rings. The molecule has 1 spiro atoms. The van der Waals surface area contributed by atoms with Gasteiger partial charge in [-0.1, -0.05) is 5.16 Å². The van der Waals surface area contributed by atoms with E-state index in [0.29, 0.717) is 11.8 Å². The van der Waals surface area contributed by atoms with E-state index in [1.54, 1.807) is 6.07 Å². The first kappa shape index (κ1) is 14.5. The lowest BCUT2D eigenvalue weighted by Crippen LogP contribution is -2.53. The topological polar surface area (TPSA) is 58.8 Å². The molecule has 0 radical (unpaired) electrons. The maximum Gasteiger partial charge on any atom is 0.292 e. The average molecular weight is 293 g/mol. The molecule has 0 N–H and O–H groups in total. The molecule has 116 valence electrons. The number of aromatic nitrogens is 1. The maximum atomic E-state index is 12.2. The highest BCUT2D eigenvalue weighted by Gasteiger charge is 2.42. The number of carbonyl (C=O) groups is 1. The van der Waals surface area contributed by atoms with E-state index in [-0.39, 0.29) is 11.5 Å². The van der Waals surface area contributed by atoms with Crippen LogP contribution in [-0.4, -0.2) is 66.3 Å². The Kier molecular flexibility index (Phi) is 3.99. The van der Waals surface area contributed by atoms with Gasteiger partial charge >= 0.3 is 0 Å². The highest BCUT2D eigenvalue weighted by Crippen LogP contribution is 2.36. The van der Waals surface area contributed by atoms with Crippen molar-refractivity contribution in [1.82, 2.24) is 15.0 Å². The van der Waals surface area contributed by atoms with E-state index in [0.717, 1.165) is 45.4 Å². The Morgan fingerprint density at radius 2 is 2.19 bits per heavy atom. The molecule has 1 aromatic heterocycles. The largest absolute Gasteiger partial charge is 0.375 e. The molecule has 1 atom stereocenters. The van der Waals surface area contributed by atoms with E-state index in [1.165, 1.54) is 6.20 Å². The smallest absolute Gasteiger partial charge is 0.292 e. The van der Waals surface area contributed by atoms with Crippen LogP contribution in [0.1, 0.15) is 36.2 Å². The lowest BCUT2D eigenvalue weighted by molar-refractivity contribution is -0.126. The Morgan fingerprint density at radius 3 is 2.81 bits per heavy atom. The minimum absolute atomic E-state index is 0.0502. The van der Waals surface area contributed by atoms with Gasteiger partial charge in [-0.25, -0.2) is 0 Å². The van der Waals surface area contributed by atoms with Gasteiger partial charge in [0.2, 0.25) is 5.76 Å². The Hall–Kier alpha value is -1.40. The van der Waals surface area contributed by atoms with Crippen LogP contribution in [0.5, 0.6) is 0 Å². The SMILES string of the molecule is CN(C)C1CCOC2(CCN(C(=O)c3ccno3)CC2)C1. The van der Waals surface area contributed by atoms with E-state index in [4.69, 9.17) is 9.26 Å². The number of piperidine rings is 1. The van der Waals surface area contributed by atoms with Gasteiger partial charge in [0.25, 0.3) is 5.91 Å². The number of hydrogen-bond donors (Lipinski definition) is 0. The minimum atomic E-state index is -0.0673. The van der Waals surface area contributed by atoms with Crippen molar-refractivity contribution in [3.8, 4) is 0 Å². The molecule has 0 saturated carbocycles. The molecule has 2 aliphatic heterocycles. The fourth-order valence-corrected chi connectivity index (χ4v) is 3.39. The summed E-state index contributed by atoms with van der Waals surface area (Å²) in [5, 5.41) is 3.60. The van der Waals surface area contributed by atoms with Gasteiger partial charge in [0.15, 0.2) is 0 Å². The number of hydrogen-bond acceptors (Lipinski definition) is 5. The Bertz CT molecular complexity index is 478. The normalized spacial score (nSPS) is 25.5. The monoisotopic (exact) mass is 293 g/mol. The second-order valence-corrected chi connectivity index (χ2v) is 6.31. The summed E-state index contributed by atoms with van der Waals surface area (Å²) in [7, 11) is 4.26. The zero-order valence-corrected chi connectivity index (χ0v) is 12.7. The summed E-state index contributed by atoms with van der Waals surface area (Å²) >= 11 is 0. The summed E-state index contributed by atoms with van der Waals surface area (Å²) in [5.74, 6) is 0.254. The lowest BCUT2D eigenvalue weighted by Gasteiger charge is -2.47. The first-order chi connectivity index (χ1) is 10.1. The average Bonchev–Trinajstić information content (AvgIpc) is 3.02. The Balaban J connectivity index is 1.61. The summed E-state index contributed by atoms with van der Waals surface area (Å²) in [5.41, 5.74) is -0.0502. The number of rotatable bonds is 2. The quantitative estimate of drug-likeness (QED) is 0.824. The third-order valence-electron chi connectivity index (χ3n) is 4.81. The van der Waals surface area contributed by atoms with E-state index in [2.05, 4.69) is 24.2 Å². The van der Waals surface area contributed by atoms with Gasteiger partial charge in [0, 0.05) is 31.8 Å². The van der Waals surface area contributed by atoms with Crippen LogP contribution in [0.4, 0.5) is 0 Å². The molecule has 1 unspecified atom stereocenters. The molecule has 1 amide bonds. The first-order valence-electron chi connectivity index (χ1n) is 7.60. The lowest BCUT2D eigenvalue weighted by atomic mass is 9.82. The van der Waals surface area contributed by atoms with Crippen molar-refractivity contribution < 1.29 is 14.1 Å². The van der Waals surface area contributed by atoms with Crippen LogP contribution in [0.2, 0.25) is 0 Å². The highest BCUT2D eigenvalue weighted by molar-refractivity contribution is 5.91. The molecule has 6 nitrogen and oxygen atoms in total. The number of ether oxygens (including phenoxy) is 1. The molecule has 2 saturated heterocycles. The van der Waals surface area contributed by atoms with Crippen molar-refractivity contribution >= 4 is 5.91 Å². The predicted molar refractivity (Wildman–Crippen MR) is 77.0 cm³/mol. The van der Waals surface area contributed by atoms with E-state index >= 15 is 0 Å². The van der Waals surface area contributed by atoms with Crippen LogP contribution in [0.15, 0.2) is 16.8 Å². The van der Waals surface area contributed by atoms with Crippen molar-refractivity contribution in [2.24, 2.45) is 0 Å². The second-order valence-electron chi connectivity index (χ2n) is 6.31. The number of amides is 1. The van der Waals surface area contributed by atoms with Gasteiger partial charge in [0.1, 0.15) is 0 Å². The maximum absolute atomic E-state index is 12.2. The highest BCUT2D eigenvalue weighted by atomic mass is 16.5. The van der Waals surface area contributed by atoms with Crippen LogP contribution in [0, 0.1) is 0 Å². The molecule has 0 aromatic carbocycles. The fourth-order valence-electron chi connectivity index (χ4n) is 3.39. The number of carbonyl (C=O) groups excluding carboxylic acids is 1. The molecule has 2 fully saturated rings. The van der Waals surface area contributed by atoms with Crippen LogP contribution in [-0.2, 0) is 4.74 Å². The third-order valence-corrected chi connectivity index (χ3v) is 4.81. The van der Waals surface area contributed by atoms with Crippen LogP contribution < -0.4 is 0 Å². The van der Waals surface area contributed by atoms with Crippen molar-refractivity contribution in [2.45, 2.75) is 37.3 Å². The van der Waals surface area contributed by atoms with Crippen molar-refractivity contribution in [3.63, 3.8) is 0 Å². The van der Waals surface area contributed by atoms with Crippen LogP contribution in [0.25, 0.3) is 0 Å². The van der Waals surface area contributed by atoms with Crippen molar-refractivity contribution in [1.29, 1.82) is 0 Å². The molecular formula is C15H23N3O3. The summed E-state index contributed by atoms with van der Waals surface area (Å²) < 4.78 is 11.1. The zero-order valence-electron chi connectivity index (χ0n) is 12.7. The third kappa shape index (κ3) is 2.96. The zero-order chi connectivity index (χ0) is 14.9. The minimum Gasteiger partial charge on any atom is -0.375 e. The molecule has 0 aliphatic carbocycles. The van der Waals surface area contributed by atoms with Gasteiger partial charge < -0.3 is 19.1 Å². The van der Waals surface area contributed by atoms with Crippen LogP contribution in [0.3, 0.4) is 0 Å². The van der Waals surface area contributed by atoms with Gasteiger partial charge in [-0.2, -0.15) is 0 Å². The second kappa shape index (κ2) is 5.77. The Morgan fingerprint density at radius 1 is 1.43 bits per heavy atom. The molecule has 21 heavy (non-hydrogen) atoms. The van der Waals surface area contributed by atoms with Crippen molar-refractivity contribution in [3.05, 3.63) is 18.0 Å². The van der Waals surface area contributed by atoms with E-state index < -0.39 is 0 Å². The molecule has 6 heteroatoms. The predicted octanol–water partition coefficient (Wildman–Crippen LogP) is 1.39. The van der Waals surface area contributed by atoms with Crippen LogP contribution >= 0.6 is 0 Å². The Labute approximate surface area is 125 Å². The summed E-state index contributed by atoms with van der Waals surface area (Å²) in [4.78, 5) is 16.4. The standard InChI is InChI=1S/C15H23N3O3/c1-17(2)12-4-10-20-15(11-12)5-8-18(9-6-15)14(19)13-3-7-16-21-13/h3,7,12H,4-6,8-11H2,1-2H3. The van der Waals surface area contributed by atoms with Gasteiger partial charge in [-0.15, -0.1) is 0 Å². The summed E-state index contributed by atoms with van der Waals surface area (Å²) in [6, 6.07) is 2.20. The van der Waals surface area contributed by atoms with E-state index in [9.17, 15) is 4.79 Å². The fraction of sp³-hybridized carbons (Fsp3) is 0.733. The first-order valence-corrected chi connectivity index (χ1v) is 7.60. The molecule has 3 rings (SSSR count). The molecule has 3 heterocycles. The molecule has 1 aromatic rings.